The topological polar surface area (TPSA) is 148 Å². The highest BCUT2D eigenvalue weighted by atomic mass is 35.5. The average molecular weight is 456 g/mol. The summed E-state index contributed by atoms with van der Waals surface area (Å²) < 4.78 is 26.3. The SMILES string of the molecule is CCN(CC)S(=O)(=O)c1ccc(N/N=C/c2ccc(Cl)c([N+](=O)[O-])c2)c([N+](=O)[O-])c1. The first kappa shape index (κ1) is 23.2. The maximum atomic E-state index is 12.6. The summed E-state index contributed by atoms with van der Waals surface area (Å²) in [6.07, 6.45) is 1.22. The van der Waals surface area contributed by atoms with E-state index in [2.05, 4.69) is 10.5 Å². The van der Waals surface area contributed by atoms with E-state index >= 15 is 0 Å². The number of anilines is 1. The van der Waals surface area contributed by atoms with E-state index in [0.717, 1.165) is 6.07 Å². The van der Waals surface area contributed by atoms with Crippen molar-refractivity contribution in [1.29, 1.82) is 0 Å². The molecular formula is C17H18ClN5O6S. The van der Waals surface area contributed by atoms with E-state index in [1.807, 2.05) is 0 Å². The molecule has 0 aliphatic heterocycles. The van der Waals surface area contributed by atoms with E-state index in [1.165, 1.54) is 40.9 Å². The number of nitrogens with one attached hydrogen (secondary N) is 1. The van der Waals surface area contributed by atoms with Crippen molar-refractivity contribution in [2.75, 3.05) is 18.5 Å². The second-order valence-electron chi connectivity index (χ2n) is 5.86. The van der Waals surface area contributed by atoms with Gasteiger partial charge in [0.1, 0.15) is 10.7 Å². The lowest BCUT2D eigenvalue weighted by Gasteiger charge is -2.18. The van der Waals surface area contributed by atoms with Gasteiger partial charge in [0.05, 0.1) is 21.0 Å². The third kappa shape index (κ3) is 5.09. The number of benzene rings is 2. The second-order valence-corrected chi connectivity index (χ2v) is 8.21. The van der Waals surface area contributed by atoms with Crippen LogP contribution in [0, 0.1) is 20.2 Å². The summed E-state index contributed by atoms with van der Waals surface area (Å²) in [5.41, 5.74) is 1.96. The number of rotatable bonds is 9. The highest BCUT2D eigenvalue weighted by Crippen LogP contribution is 2.29. The maximum absolute atomic E-state index is 12.6. The van der Waals surface area contributed by atoms with Crippen molar-refractivity contribution in [2.24, 2.45) is 5.10 Å². The summed E-state index contributed by atoms with van der Waals surface area (Å²) in [6, 6.07) is 7.44. The van der Waals surface area contributed by atoms with Crippen LogP contribution in [0.3, 0.4) is 0 Å². The lowest BCUT2D eigenvalue weighted by atomic mass is 10.2. The first-order chi connectivity index (χ1) is 14.1. The fourth-order valence-electron chi connectivity index (χ4n) is 2.56. The molecule has 0 bridgehead atoms. The third-order valence-electron chi connectivity index (χ3n) is 4.07. The molecule has 0 saturated heterocycles. The van der Waals surface area contributed by atoms with Crippen LogP contribution in [0.2, 0.25) is 5.02 Å². The Morgan fingerprint density at radius 2 is 1.70 bits per heavy atom. The molecular weight excluding hydrogens is 438 g/mol. The zero-order chi connectivity index (χ0) is 22.5. The van der Waals surface area contributed by atoms with Crippen molar-refractivity contribution < 1.29 is 18.3 Å². The van der Waals surface area contributed by atoms with Crippen molar-refractivity contribution in [3.8, 4) is 0 Å². The number of nitrogens with zero attached hydrogens (tertiary/aromatic N) is 4. The van der Waals surface area contributed by atoms with Gasteiger partial charge in [-0.25, -0.2) is 8.42 Å². The Morgan fingerprint density at radius 1 is 1.07 bits per heavy atom. The van der Waals surface area contributed by atoms with Crippen molar-refractivity contribution in [3.63, 3.8) is 0 Å². The Kier molecular flexibility index (Phi) is 7.43. The van der Waals surface area contributed by atoms with Crippen molar-refractivity contribution in [2.45, 2.75) is 18.7 Å². The van der Waals surface area contributed by atoms with Gasteiger partial charge in [-0.2, -0.15) is 9.41 Å². The van der Waals surface area contributed by atoms with Gasteiger partial charge in [0.25, 0.3) is 11.4 Å². The molecule has 0 amide bonds. The van der Waals surface area contributed by atoms with Crippen LogP contribution < -0.4 is 5.43 Å². The average Bonchev–Trinajstić information content (AvgIpc) is 2.69. The molecule has 13 heteroatoms. The monoisotopic (exact) mass is 455 g/mol. The summed E-state index contributed by atoms with van der Waals surface area (Å²) >= 11 is 5.74. The van der Waals surface area contributed by atoms with Crippen LogP contribution in [0.25, 0.3) is 0 Å². The Balaban J connectivity index is 2.33. The molecule has 1 N–H and O–H groups in total. The summed E-state index contributed by atoms with van der Waals surface area (Å²) in [6.45, 7) is 3.79. The van der Waals surface area contributed by atoms with E-state index < -0.39 is 25.6 Å². The van der Waals surface area contributed by atoms with E-state index in [-0.39, 0.29) is 34.4 Å². The quantitative estimate of drug-likeness (QED) is 0.344. The number of halogens is 1. The smallest absolute Gasteiger partial charge is 0.272 e. The lowest BCUT2D eigenvalue weighted by Crippen LogP contribution is -2.30. The zero-order valence-corrected chi connectivity index (χ0v) is 17.6. The minimum atomic E-state index is -3.87. The molecule has 2 rings (SSSR count). The zero-order valence-electron chi connectivity index (χ0n) is 16.0. The molecule has 0 spiro atoms. The molecule has 0 aliphatic rings. The first-order valence-electron chi connectivity index (χ1n) is 8.63. The molecule has 0 radical (unpaired) electrons. The van der Waals surface area contributed by atoms with Gasteiger partial charge < -0.3 is 0 Å². The molecule has 0 aliphatic carbocycles. The Bertz CT molecular complexity index is 1100. The van der Waals surface area contributed by atoms with Gasteiger partial charge in [-0.15, -0.1) is 0 Å². The number of hydrogen-bond donors (Lipinski definition) is 1. The molecule has 2 aromatic rings. The van der Waals surface area contributed by atoms with Crippen LogP contribution in [0.5, 0.6) is 0 Å². The molecule has 0 aromatic heterocycles. The predicted molar refractivity (Wildman–Crippen MR) is 113 cm³/mol. The fraction of sp³-hybridized carbons (Fsp3) is 0.235. The highest BCUT2D eigenvalue weighted by Gasteiger charge is 2.25. The van der Waals surface area contributed by atoms with Crippen LogP contribution in [0.1, 0.15) is 19.4 Å². The Hall–Kier alpha value is -3.09. The van der Waals surface area contributed by atoms with Crippen LogP contribution in [0.4, 0.5) is 17.1 Å². The Morgan fingerprint density at radius 3 is 2.27 bits per heavy atom. The van der Waals surface area contributed by atoms with Gasteiger partial charge in [0.2, 0.25) is 10.0 Å². The predicted octanol–water partition coefficient (Wildman–Crippen LogP) is 3.63. The minimum absolute atomic E-state index is 0.0363. The molecule has 0 atom stereocenters. The number of hydrogen-bond acceptors (Lipinski definition) is 8. The van der Waals surface area contributed by atoms with Gasteiger partial charge in [-0.05, 0) is 18.2 Å². The standard InChI is InChI=1S/C17H18ClN5O6S/c1-3-21(4-2)30(28,29)13-6-8-15(17(10-13)23(26)27)20-19-11-12-5-7-14(18)16(9-12)22(24)25/h5-11,20H,3-4H2,1-2H3/b19-11+. The van der Waals surface area contributed by atoms with E-state index in [0.29, 0.717) is 5.56 Å². The minimum Gasteiger partial charge on any atom is -0.272 e. The van der Waals surface area contributed by atoms with Crippen molar-refractivity contribution >= 4 is 44.9 Å². The fourth-order valence-corrected chi connectivity index (χ4v) is 4.22. The number of nitro groups is 2. The van der Waals surface area contributed by atoms with Gasteiger partial charge in [-0.3, -0.25) is 25.7 Å². The molecule has 0 fully saturated rings. The van der Waals surface area contributed by atoms with Gasteiger partial charge in [0.15, 0.2) is 0 Å². The Labute approximate surface area is 177 Å². The van der Waals surface area contributed by atoms with E-state index in [9.17, 15) is 28.6 Å². The number of nitro benzene ring substituents is 2. The number of sulfonamides is 1. The summed E-state index contributed by atoms with van der Waals surface area (Å²) in [5, 5.41) is 26.1. The molecule has 0 unspecified atom stereocenters. The number of hydrazone groups is 1. The molecule has 2 aromatic carbocycles. The third-order valence-corrected chi connectivity index (χ3v) is 6.44. The molecule has 30 heavy (non-hydrogen) atoms. The van der Waals surface area contributed by atoms with Crippen LogP contribution in [-0.4, -0.2) is 41.9 Å². The molecule has 0 saturated carbocycles. The summed E-state index contributed by atoms with van der Waals surface area (Å²) in [4.78, 5) is 20.8. The van der Waals surface area contributed by atoms with Gasteiger partial charge in [-0.1, -0.05) is 31.5 Å². The first-order valence-corrected chi connectivity index (χ1v) is 10.4. The largest absolute Gasteiger partial charge is 0.295 e. The van der Waals surface area contributed by atoms with Crippen LogP contribution >= 0.6 is 11.6 Å². The normalized spacial score (nSPS) is 11.7. The lowest BCUT2D eigenvalue weighted by molar-refractivity contribution is -0.384. The van der Waals surface area contributed by atoms with Crippen LogP contribution in [-0.2, 0) is 10.0 Å². The van der Waals surface area contributed by atoms with Crippen LogP contribution in [0.15, 0.2) is 46.4 Å². The van der Waals surface area contributed by atoms with Crippen molar-refractivity contribution in [1.82, 2.24) is 4.31 Å². The van der Waals surface area contributed by atoms with Gasteiger partial charge in [0, 0.05) is 30.8 Å². The van der Waals surface area contributed by atoms with Crippen molar-refractivity contribution in [3.05, 3.63) is 67.2 Å². The maximum Gasteiger partial charge on any atom is 0.295 e. The van der Waals surface area contributed by atoms with Gasteiger partial charge >= 0.3 is 0 Å². The summed E-state index contributed by atoms with van der Waals surface area (Å²) in [7, 11) is -3.87. The molecule has 0 heterocycles. The molecule has 11 nitrogen and oxygen atoms in total. The highest BCUT2D eigenvalue weighted by molar-refractivity contribution is 7.89. The van der Waals surface area contributed by atoms with E-state index in [4.69, 9.17) is 11.6 Å². The summed E-state index contributed by atoms with van der Waals surface area (Å²) in [5.74, 6) is 0. The second kappa shape index (κ2) is 9.61. The van der Waals surface area contributed by atoms with E-state index in [1.54, 1.807) is 13.8 Å². The molecule has 160 valence electrons.